The van der Waals surface area contributed by atoms with E-state index in [1.807, 2.05) is 53.2 Å². The summed E-state index contributed by atoms with van der Waals surface area (Å²) >= 11 is 0. The molecule has 2 aromatic rings. The Labute approximate surface area is 154 Å². The molecule has 0 N–H and O–H groups in total. The fourth-order valence-electron chi connectivity index (χ4n) is 4.13. The van der Waals surface area contributed by atoms with Gasteiger partial charge in [0.25, 0.3) is 5.91 Å². The molecule has 2 saturated heterocycles. The Balaban J connectivity index is 1.37. The zero-order chi connectivity index (χ0) is 18.1. The zero-order valence-electron chi connectivity index (χ0n) is 15.5. The average molecular weight is 354 g/mol. The van der Waals surface area contributed by atoms with Gasteiger partial charge in [-0.3, -0.25) is 14.7 Å². The molecule has 0 aromatic carbocycles. The summed E-state index contributed by atoms with van der Waals surface area (Å²) in [6.45, 7) is 2.98. The van der Waals surface area contributed by atoms with Crippen molar-refractivity contribution in [3.05, 3.63) is 54.1 Å². The van der Waals surface area contributed by atoms with E-state index in [2.05, 4.69) is 23.0 Å². The van der Waals surface area contributed by atoms with E-state index in [1.54, 1.807) is 0 Å². The van der Waals surface area contributed by atoms with Crippen molar-refractivity contribution in [1.82, 2.24) is 19.4 Å². The van der Waals surface area contributed by atoms with Crippen molar-refractivity contribution in [1.29, 1.82) is 0 Å². The van der Waals surface area contributed by atoms with Crippen LogP contribution in [0.1, 0.15) is 29.0 Å². The van der Waals surface area contributed by atoms with E-state index in [9.17, 15) is 4.79 Å². The summed E-state index contributed by atoms with van der Waals surface area (Å²) in [6.07, 6.45) is 5.62. The Morgan fingerprint density at radius 3 is 3.00 bits per heavy atom. The molecule has 0 saturated carbocycles. The second-order valence-electron chi connectivity index (χ2n) is 7.57. The quantitative estimate of drug-likeness (QED) is 0.842. The van der Waals surface area contributed by atoms with E-state index in [4.69, 9.17) is 4.74 Å². The lowest BCUT2D eigenvalue weighted by Gasteiger charge is -2.26. The molecule has 6 nitrogen and oxygen atoms in total. The molecule has 4 heterocycles. The number of aryl methyl sites for hydroxylation is 1. The van der Waals surface area contributed by atoms with Crippen molar-refractivity contribution in [2.45, 2.75) is 31.0 Å². The molecule has 2 atom stereocenters. The number of likely N-dealkylation sites (N-methyl/N-ethyl adjacent to an activating group) is 1. The van der Waals surface area contributed by atoms with Crippen molar-refractivity contribution in [2.75, 3.05) is 26.7 Å². The molecule has 2 fully saturated rings. The van der Waals surface area contributed by atoms with Gasteiger partial charge in [0.05, 0.1) is 24.4 Å². The van der Waals surface area contributed by atoms with E-state index < -0.39 is 0 Å². The summed E-state index contributed by atoms with van der Waals surface area (Å²) in [6, 6.07) is 10.2. The summed E-state index contributed by atoms with van der Waals surface area (Å²) in [5.74, 6) is 0.100. The van der Waals surface area contributed by atoms with Gasteiger partial charge in [0, 0.05) is 38.6 Å². The van der Waals surface area contributed by atoms with Gasteiger partial charge in [-0.05, 0) is 44.2 Å². The van der Waals surface area contributed by atoms with Crippen molar-refractivity contribution in [2.24, 2.45) is 7.05 Å². The number of pyridine rings is 1. The molecule has 1 spiro atoms. The number of amides is 1. The number of carbonyl (C=O) groups excluding carboxylic acids is 1. The molecular weight excluding hydrogens is 328 g/mol. The van der Waals surface area contributed by atoms with Crippen LogP contribution in [0.25, 0.3) is 0 Å². The fraction of sp³-hybridized carbons (Fsp3) is 0.500. The lowest BCUT2D eigenvalue weighted by atomic mass is 9.96. The maximum Gasteiger partial charge on any atom is 0.270 e. The van der Waals surface area contributed by atoms with Gasteiger partial charge < -0.3 is 14.2 Å². The van der Waals surface area contributed by atoms with Crippen LogP contribution in [0.4, 0.5) is 0 Å². The molecule has 1 amide bonds. The molecule has 2 aliphatic rings. The molecular formula is C20H26N4O2. The Morgan fingerprint density at radius 2 is 2.27 bits per heavy atom. The largest absolute Gasteiger partial charge is 0.371 e. The van der Waals surface area contributed by atoms with E-state index in [1.165, 1.54) is 0 Å². The lowest BCUT2D eigenvalue weighted by Crippen LogP contribution is -2.38. The molecule has 2 aliphatic heterocycles. The lowest BCUT2D eigenvalue weighted by molar-refractivity contribution is 0.0107. The first-order valence-electron chi connectivity index (χ1n) is 9.21. The summed E-state index contributed by atoms with van der Waals surface area (Å²) in [4.78, 5) is 21.4. The molecule has 138 valence electrons. The predicted octanol–water partition coefficient (Wildman–Crippen LogP) is 1.93. The first kappa shape index (κ1) is 17.2. The number of rotatable bonds is 4. The molecule has 0 radical (unpaired) electrons. The Morgan fingerprint density at radius 1 is 1.38 bits per heavy atom. The second-order valence-corrected chi connectivity index (χ2v) is 7.57. The fourth-order valence-corrected chi connectivity index (χ4v) is 4.13. The summed E-state index contributed by atoms with van der Waals surface area (Å²) in [5, 5.41) is 0. The van der Waals surface area contributed by atoms with Gasteiger partial charge in [-0.2, -0.15) is 0 Å². The van der Waals surface area contributed by atoms with Crippen molar-refractivity contribution >= 4 is 5.91 Å². The van der Waals surface area contributed by atoms with Crippen LogP contribution in [-0.2, 0) is 18.3 Å². The summed E-state index contributed by atoms with van der Waals surface area (Å²) < 4.78 is 8.12. The van der Waals surface area contributed by atoms with Crippen LogP contribution in [0, 0.1) is 0 Å². The zero-order valence-corrected chi connectivity index (χ0v) is 15.5. The van der Waals surface area contributed by atoms with Crippen LogP contribution < -0.4 is 0 Å². The van der Waals surface area contributed by atoms with Crippen LogP contribution in [0.5, 0.6) is 0 Å². The Bertz CT molecular complexity index is 775. The normalized spacial score (nSPS) is 25.5. The third-order valence-corrected chi connectivity index (χ3v) is 5.72. The average Bonchev–Trinajstić information content (AvgIpc) is 3.37. The number of ether oxygens (including phenoxy) is 1. The molecule has 2 unspecified atom stereocenters. The Hall–Kier alpha value is -2.18. The molecule has 2 aromatic heterocycles. The van der Waals surface area contributed by atoms with E-state index >= 15 is 0 Å². The first-order valence-corrected chi connectivity index (χ1v) is 9.21. The standard InChI is InChI=1S/C20H26N4O2/c1-22-10-5-7-18(22)19(25)24-11-8-20(15-24)12-17(14-26-20)23(2)13-16-6-3-4-9-21-16/h3-7,9-10,17H,8,11-15H2,1-2H3. The van der Waals surface area contributed by atoms with Crippen LogP contribution in [0.15, 0.2) is 42.7 Å². The number of likely N-dealkylation sites (tertiary alicyclic amines) is 1. The summed E-state index contributed by atoms with van der Waals surface area (Å²) in [7, 11) is 4.04. The van der Waals surface area contributed by atoms with Crippen molar-refractivity contribution < 1.29 is 9.53 Å². The highest BCUT2D eigenvalue weighted by Gasteiger charge is 2.47. The Kier molecular flexibility index (Phi) is 4.54. The van der Waals surface area contributed by atoms with Gasteiger partial charge in [-0.25, -0.2) is 0 Å². The van der Waals surface area contributed by atoms with Gasteiger partial charge >= 0.3 is 0 Å². The molecule has 26 heavy (non-hydrogen) atoms. The minimum absolute atomic E-state index is 0.100. The van der Waals surface area contributed by atoms with Gasteiger partial charge in [-0.1, -0.05) is 6.07 Å². The minimum atomic E-state index is -0.191. The van der Waals surface area contributed by atoms with E-state index in [-0.39, 0.29) is 11.5 Å². The third-order valence-electron chi connectivity index (χ3n) is 5.72. The van der Waals surface area contributed by atoms with E-state index in [0.717, 1.165) is 43.9 Å². The van der Waals surface area contributed by atoms with Crippen LogP contribution in [0.3, 0.4) is 0 Å². The minimum Gasteiger partial charge on any atom is -0.371 e. The van der Waals surface area contributed by atoms with Gasteiger partial charge in [0.15, 0.2) is 0 Å². The molecule has 0 aliphatic carbocycles. The monoisotopic (exact) mass is 354 g/mol. The predicted molar refractivity (Wildman–Crippen MR) is 98.7 cm³/mol. The van der Waals surface area contributed by atoms with Crippen molar-refractivity contribution in [3.63, 3.8) is 0 Å². The number of hydrogen-bond acceptors (Lipinski definition) is 4. The first-order chi connectivity index (χ1) is 12.6. The van der Waals surface area contributed by atoms with Gasteiger partial charge in [-0.15, -0.1) is 0 Å². The number of aromatic nitrogens is 2. The highest BCUT2D eigenvalue weighted by atomic mass is 16.5. The maximum atomic E-state index is 12.8. The van der Waals surface area contributed by atoms with Crippen molar-refractivity contribution in [3.8, 4) is 0 Å². The summed E-state index contributed by atoms with van der Waals surface area (Å²) in [5.41, 5.74) is 1.62. The number of hydrogen-bond donors (Lipinski definition) is 0. The smallest absolute Gasteiger partial charge is 0.270 e. The van der Waals surface area contributed by atoms with Crippen LogP contribution in [-0.4, -0.2) is 63.6 Å². The molecule has 0 bridgehead atoms. The maximum absolute atomic E-state index is 12.8. The van der Waals surface area contributed by atoms with Crippen LogP contribution in [0.2, 0.25) is 0 Å². The van der Waals surface area contributed by atoms with Gasteiger partial charge in [0.2, 0.25) is 0 Å². The highest BCUT2D eigenvalue weighted by molar-refractivity contribution is 5.93. The van der Waals surface area contributed by atoms with E-state index in [0.29, 0.717) is 12.6 Å². The molecule has 4 rings (SSSR count). The second kappa shape index (κ2) is 6.85. The molecule has 6 heteroatoms. The topological polar surface area (TPSA) is 50.6 Å². The number of nitrogens with zero attached hydrogens (tertiary/aromatic N) is 4. The van der Waals surface area contributed by atoms with Gasteiger partial charge in [0.1, 0.15) is 5.69 Å². The number of carbonyl (C=O) groups is 1. The van der Waals surface area contributed by atoms with Crippen LogP contribution >= 0.6 is 0 Å². The highest BCUT2D eigenvalue weighted by Crippen LogP contribution is 2.37. The SMILES string of the molecule is CN(Cc1ccccn1)C1COC2(CCN(C(=O)c3cccn3C)C2)C1. The third kappa shape index (κ3) is 3.27.